The van der Waals surface area contributed by atoms with E-state index in [0.29, 0.717) is 11.0 Å². The zero-order chi connectivity index (χ0) is 13.3. The lowest BCUT2D eigenvalue weighted by molar-refractivity contribution is 0.583. The van der Waals surface area contributed by atoms with E-state index in [4.69, 9.17) is 0 Å². The minimum atomic E-state index is -0.614. The van der Waals surface area contributed by atoms with Crippen molar-refractivity contribution in [3.8, 4) is 0 Å². The second-order valence-corrected chi connectivity index (χ2v) is 7.60. The Hall–Kier alpha value is 0.0200. The van der Waals surface area contributed by atoms with Gasteiger partial charge in [-0.05, 0) is 59.9 Å². The molecule has 7 heteroatoms. The first-order valence-electron chi connectivity index (χ1n) is 4.79. The highest BCUT2D eigenvalue weighted by molar-refractivity contribution is 9.13. The van der Waals surface area contributed by atoms with Crippen LogP contribution in [0.5, 0.6) is 0 Å². The Labute approximate surface area is 132 Å². The molecule has 0 fully saturated rings. The Morgan fingerprint density at radius 2 is 1.78 bits per heavy atom. The van der Waals surface area contributed by atoms with Crippen LogP contribution in [0.1, 0.15) is 4.88 Å². The largest absolute Gasteiger partial charge is 0.377 e. The Bertz CT molecular complexity index is 543. The van der Waals surface area contributed by atoms with Gasteiger partial charge in [0.2, 0.25) is 0 Å². The van der Waals surface area contributed by atoms with Crippen molar-refractivity contribution in [2.75, 3.05) is 5.32 Å². The summed E-state index contributed by atoms with van der Waals surface area (Å²) in [5.74, 6) is -1.22. The molecule has 0 amide bonds. The van der Waals surface area contributed by atoms with Crippen molar-refractivity contribution in [1.82, 2.24) is 0 Å². The molecule has 0 aliphatic heterocycles. The van der Waals surface area contributed by atoms with E-state index >= 15 is 0 Å². The molecule has 2 aromatic rings. The lowest BCUT2D eigenvalue weighted by Gasteiger charge is -2.08. The predicted molar refractivity (Wildman–Crippen MR) is 81.1 cm³/mol. The van der Waals surface area contributed by atoms with Crippen LogP contribution in [-0.4, -0.2) is 0 Å². The molecule has 0 saturated heterocycles. The molecule has 1 aromatic heterocycles. The van der Waals surface area contributed by atoms with Crippen molar-refractivity contribution >= 4 is 64.8 Å². The third kappa shape index (κ3) is 3.31. The minimum Gasteiger partial charge on any atom is -0.377 e. The number of halogens is 5. The summed E-state index contributed by atoms with van der Waals surface area (Å²) in [5.41, 5.74) is 0.261. The highest BCUT2D eigenvalue weighted by Gasteiger charge is 2.10. The number of hydrogen-bond acceptors (Lipinski definition) is 2. The van der Waals surface area contributed by atoms with Gasteiger partial charge in [-0.3, -0.25) is 0 Å². The van der Waals surface area contributed by atoms with Crippen LogP contribution in [0.4, 0.5) is 14.5 Å². The summed E-state index contributed by atoms with van der Waals surface area (Å²) in [6.45, 7) is 0.468. The van der Waals surface area contributed by atoms with Crippen molar-refractivity contribution in [3.05, 3.63) is 47.4 Å². The Kier molecular flexibility index (Phi) is 4.80. The fourth-order valence-corrected chi connectivity index (χ4v) is 4.03. The standard InChI is InChI=1S/C11H6Br3F2NS/c12-7-1-5(15)2-9(16)10(7)17-4-6-3-8(13)11(14)18-6/h1-3,17H,4H2. The molecule has 2 rings (SSSR count). The molecule has 18 heavy (non-hydrogen) atoms. The number of thiophene rings is 1. The molecule has 0 bridgehead atoms. The highest BCUT2D eigenvalue weighted by atomic mass is 79.9. The lowest BCUT2D eigenvalue weighted by Crippen LogP contribution is -2.01. The fourth-order valence-electron chi connectivity index (χ4n) is 1.37. The third-order valence-corrected chi connectivity index (χ3v) is 6.02. The van der Waals surface area contributed by atoms with Gasteiger partial charge in [0.05, 0.1) is 9.47 Å². The van der Waals surface area contributed by atoms with Crippen LogP contribution in [0.15, 0.2) is 30.9 Å². The van der Waals surface area contributed by atoms with Crippen LogP contribution in [0.3, 0.4) is 0 Å². The van der Waals surface area contributed by atoms with Crippen molar-refractivity contribution in [2.45, 2.75) is 6.54 Å². The van der Waals surface area contributed by atoms with Gasteiger partial charge in [0.1, 0.15) is 11.6 Å². The molecule has 0 spiro atoms. The monoisotopic (exact) mass is 459 g/mol. The van der Waals surface area contributed by atoms with Crippen molar-refractivity contribution in [1.29, 1.82) is 0 Å². The molecule has 0 aliphatic carbocycles. The van der Waals surface area contributed by atoms with Gasteiger partial charge < -0.3 is 5.32 Å². The summed E-state index contributed by atoms with van der Waals surface area (Å²) in [5, 5.41) is 2.95. The first kappa shape index (κ1) is 14.4. The molecule has 0 aliphatic rings. The molecule has 0 saturated carbocycles. The molecule has 96 valence electrons. The molecular weight excluding hydrogens is 456 g/mol. The maximum Gasteiger partial charge on any atom is 0.150 e. The lowest BCUT2D eigenvalue weighted by atomic mass is 10.3. The first-order valence-corrected chi connectivity index (χ1v) is 7.99. The Balaban J connectivity index is 2.15. The molecule has 0 atom stereocenters. The predicted octanol–water partition coefficient (Wildman–Crippen LogP) is 5.93. The van der Waals surface area contributed by atoms with Gasteiger partial charge in [-0.1, -0.05) is 0 Å². The van der Waals surface area contributed by atoms with Crippen LogP contribution >= 0.6 is 59.1 Å². The molecule has 1 nitrogen and oxygen atoms in total. The van der Waals surface area contributed by atoms with Crippen molar-refractivity contribution < 1.29 is 8.78 Å². The van der Waals surface area contributed by atoms with E-state index in [-0.39, 0.29) is 5.69 Å². The van der Waals surface area contributed by atoms with E-state index in [1.165, 1.54) is 6.07 Å². The van der Waals surface area contributed by atoms with E-state index in [1.807, 2.05) is 6.07 Å². The van der Waals surface area contributed by atoms with Gasteiger partial charge in [0.25, 0.3) is 0 Å². The number of rotatable bonds is 3. The fraction of sp³-hybridized carbons (Fsp3) is 0.0909. The second-order valence-electron chi connectivity index (χ2n) is 3.43. The van der Waals surface area contributed by atoms with E-state index < -0.39 is 11.6 Å². The topological polar surface area (TPSA) is 12.0 Å². The van der Waals surface area contributed by atoms with Crippen LogP contribution in [0.25, 0.3) is 0 Å². The summed E-state index contributed by atoms with van der Waals surface area (Å²) in [6, 6.07) is 4.02. The SMILES string of the molecule is Fc1cc(F)c(NCc2cc(Br)c(Br)s2)c(Br)c1. The highest BCUT2D eigenvalue weighted by Crippen LogP contribution is 2.33. The molecule has 1 heterocycles. The van der Waals surface area contributed by atoms with Gasteiger partial charge in [-0.2, -0.15) is 0 Å². The summed E-state index contributed by atoms with van der Waals surface area (Å²) >= 11 is 11.5. The van der Waals surface area contributed by atoms with Gasteiger partial charge in [-0.15, -0.1) is 11.3 Å². The maximum absolute atomic E-state index is 13.6. The van der Waals surface area contributed by atoms with E-state index in [0.717, 1.165) is 19.2 Å². The van der Waals surface area contributed by atoms with E-state index in [1.54, 1.807) is 11.3 Å². The smallest absolute Gasteiger partial charge is 0.150 e. The molecule has 0 unspecified atom stereocenters. The zero-order valence-corrected chi connectivity index (χ0v) is 14.3. The summed E-state index contributed by atoms with van der Waals surface area (Å²) in [6.07, 6.45) is 0. The summed E-state index contributed by atoms with van der Waals surface area (Å²) in [4.78, 5) is 1.03. The first-order chi connectivity index (χ1) is 8.47. The summed E-state index contributed by atoms with van der Waals surface area (Å²) in [7, 11) is 0. The van der Waals surface area contributed by atoms with Crippen molar-refractivity contribution in [3.63, 3.8) is 0 Å². The van der Waals surface area contributed by atoms with Crippen LogP contribution in [-0.2, 0) is 6.54 Å². The van der Waals surface area contributed by atoms with Crippen LogP contribution in [0.2, 0.25) is 0 Å². The van der Waals surface area contributed by atoms with E-state index in [9.17, 15) is 8.78 Å². The van der Waals surface area contributed by atoms with Crippen LogP contribution in [0, 0.1) is 11.6 Å². The average molecular weight is 462 g/mol. The minimum absolute atomic E-state index is 0.261. The quantitative estimate of drug-likeness (QED) is 0.597. The number of benzene rings is 1. The van der Waals surface area contributed by atoms with Crippen LogP contribution < -0.4 is 5.32 Å². The number of nitrogens with one attached hydrogen (secondary N) is 1. The Morgan fingerprint density at radius 1 is 1.06 bits per heavy atom. The van der Waals surface area contributed by atoms with Gasteiger partial charge in [-0.25, -0.2) is 8.78 Å². The molecule has 1 N–H and O–H groups in total. The number of anilines is 1. The van der Waals surface area contributed by atoms with Gasteiger partial charge >= 0.3 is 0 Å². The Morgan fingerprint density at radius 3 is 2.33 bits per heavy atom. The zero-order valence-electron chi connectivity index (χ0n) is 8.74. The second kappa shape index (κ2) is 5.98. The van der Waals surface area contributed by atoms with Gasteiger partial charge in [0, 0.05) is 26.4 Å². The molecule has 1 aromatic carbocycles. The molecule has 0 radical (unpaired) electrons. The average Bonchev–Trinajstić information content (AvgIpc) is 2.56. The normalized spacial score (nSPS) is 10.7. The number of hydrogen-bond donors (Lipinski definition) is 1. The third-order valence-electron chi connectivity index (χ3n) is 2.14. The van der Waals surface area contributed by atoms with Gasteiger partial charge in [0.15, 0.2) is 0 Å². The van der Waals surface area contributed by atoms with E-state index in [2.05, 4.69) is 53.1 Å². The summed E-state index contributed by atoms with van der Waals surface area (Å²) < 4.78 is 28.8. The molecular formula is C11H6Br3F2NS. The van der Waals surface area contributed by atoms with Crippen molar-refractivity contribution in [2.24, 2.45) is 0 Å². The maximum atomic E-state index is 13.6.